The highest BCUT2D eigenvalue weighted by molar-refractivity contribution is 6.31. The highest BCUT2D eigenvalue weighted by atomic mass is 35.5. The van der Waals surface area contributed by atoms with Crippen molar-refractivity contribution in [2.45, 2.75) is 32.6 Å². The Morgan fingerprint density at radius 2 is 1.73 bits per heavy atom. The number of hydrogen-bond donors (Lipinski definition) is 2. The van der Waals surface area contributed by atoms with Crippen LogP contribution in [0.2, 0.25) is 5.02 Å². The molecule has 37 heavy (non-hydrogen) atoms. The first-order chi connectivity index (χ1) is 17.7. The molecule has 5 rings (SSSR count). The Morgan fingerprint density at radius 3 is 2.38 bits per heavy atom. The van der Waals surface area contributed by atoms with Crippen LogP contribution in [0.3, 0.4) is 0 Å². The number of aliphatic hydroxyl groups is 1. The number of carbonyl (C=O) groups is 1. The second-order valence-electron chi connectivity index (χ2n) is 10.3. The third kappa shape index (κ3) is 4.56. The summed E-state index contributed by atoms with van der Waals surface area (Å²) >= 11 is 6.37. The zero-order valence-electron chi connectivity index (χ0n) is 21.1. The average molecular weight is 513 g/mol. The first-order valence-corrected chi connectivity index (χ1v) is 12.6. The molecule has 0 amide bonds. The van der Waals surface area contributed by atoms with Crippen molar-refractivity contribution in [1.29, 1.82) is 5.41 Å². The van der Waals surface area contributed by atoms with Crippen LogP contribution >= 0.6 is 11.6 Å². The molecule has 0 aromatic heterocycles. The van der Waals surface area contributed by atoms with Gasteiger partial charge in [0.2, 0.25) is 0 Å². The number of benzene rings is 3. The van der Waals surface area contributed by atoms with Gasteiger partial charge in [-0.2, -0.15) is 0 Å². The fourth-order valence-corrected chi connectivity index (χ4v) is 5.58. The van der Waals surface area contributed by atoms with Crippen LogP contribution in [0.4, 0.5) is 5.69 Å². The van der Waals surface area contributed by atoms with E-state index in [1.807, 2.05) is 54.6 Å². The molecule has 1 atom stereocenters. The molecular formula is C31H29ClN2O3. The van der Waals surface area contributed by atoms with E-state index in [1.165, 1.54) is 0 Å². The number of methoxy groups -OCH3 is 1. The number of aliphatic hydroxyl groups excluding tert-OH is 1. The van der Waals surface area contributed by atoms with Crippen molar-refractivity contribution in [2.24, 2.45) is 5.41 Å². The molecule has 1 heterocycles. The molecule has 2 aliphatic rings. The predicted molar refractivity (Wildman–Crippen MR) is 148 cm³/mol. The SMILES string of the molecule is COc1ccc([C@@H]2C(=C(O)c3ccccc3)C(=N)N(c3cccc(Cl)c3)C3=C2C(=O)CC(C)(C)C3)cc1. The largest absolute Gasteiger partial charge is 0.507 e. The number of halogens is 1. The molecule has 0 saturated carbocycles. The molecule has 6 heteroatoms. The number of Topliss-reactive ketones (excluding diaryl/α,β-unsaturated/α-hetero) is 1. The van der Waals surface area contributed by atoms with E-state index in [4.69, 9.17) is 16.3 Å². The first kappa shape index (κ1) is 24.8. The zero-order valence-corrected chi connectivity index (χ0v) is 21.8. The second-order valence-corrected chi connectivity index (χ2v) is 10.7. The molecule has 3 aromatic carbocycles. The first-order valence-electron chi connectivity index (χ1n) is 12.2. The van der Waals surface area contributed by atoms with Crippen molar-refractivity contribution in [1.82, 2.24) is 0 Å². The van der Waals surface area contributed by atoms with Crippen LogP contribution in [0, 0.1) is 10.8 Å². The molecule has 0 saturated heterocycles. The van der Waals surface area contributed by atoms with Gasteiger partial charge in [-0.05, 0) is 47.7 Å². The van der Waals surface area contributed by atoms with E-state index in [1.54, 1.807) is 36.3 Å². The number of allylic oxidation sites excluding steroid dienone is 2. The van der Waals surface area contributed by atoms with Gasteiger partial charge in [-0.15, -0.1) is 0 Å². The number of carbonyl (C=O) groups excluding carboxylic acids is 1. The molecule has 2 N–H and O–H groups in total. The van der Waals surface area contributed by atoms with Crippen molar-refractivity contribution < 1.29 is 14.6 Å². The van der Waals surface area contributed by atoms with Gasteiger partial charge in [0.25, 0.3) is 0 Å². The summed E-state index contributed by atoms with van der Waals surface area (Å²) in [5.74, 6) is 0.201. The van der Waals surface area contributed by atoms with Gasteiger partial charge in [0, 0.05) is 45.5 Å². The maximum Gasteiger partial charge on any atom is 0.162 e. The van der Waals surface area contributed by atoms with Crippen molar-refractivity contribution in [2.75, 3.05) is 12.0 Å². The number of nitrogens with zero attached hydrogens (tertiary/aromatic N) is 1. The minimum atomic E-state index is -0.604. The Morgan fingerprint density at radius 1 is 1.03 bits per heavy atom. The Hall–Kier alpha value is -3.83. The third-order valence-corrected chi connectivity index (χ3v) is 7.28. The van der Waals surface area contributed by atoms with Gasteiger partial charge in [-0.25, -0.2) is 0 Å². The predicted octanol–water partition coefficient (Wildman–Crippen LogP) is 7.54. The molecule has 0 unspecified atom stereocenters. The van der Waals surface area contributed by atoms with Crippen LogP contribution in [0.25, 0.3) is 5.76 Å². The number of anilines is 1. The van der Waals surface area contributed by atoms with E-state index in [9.17, 15) is 15.3 Å². The van der Waals surface area contributed by atoms with Crippen molar-refractivity contribution in [3.63, 3.8) is 0 Å². The van der Waals surface area contributed by atoms with Crippen LogP contribution in [-0.2, 0) is 4.79 Å². The number of hydrogen-bond acceptors (Lipinski definition) is 4. The molecule has 0 bridgehead atoms. The smallest absolute Gasteiger partial charge is 0.162 e. The lowest BCUT2D eigenvalue weighted by Crippen LogP contribution is -2.45. The summed E-state index contributed by atoms with van der Waals surface area (Å²) < 4.78 is 5.36. The number of nitrogens with one attached hydrogen (secondary N) is 1. The van der Waals surface area contributed by atoms with Gasteiger partial charge < -0.3 is 9.84 Å². The standard InChI is InChI=1S/C31H29ClN2O3/c1-31(2)17-24-27(25(35)18-31)26(19-12-14-23(37-3)15-13-19)28(29(36)20-8-5-4-6-9-20)30(33)34(24)22-11-7-10-21(32)16-22/h4-16,26,33,36H,17-18H2,1-3H3/t26-/m0/s1. The molecular weight excluding hydrogens is 484 g/mol. The number of ether oxygens (including phenoxy) is 1. The topological polar surface area (TPSA) is 73.6 Å². The summed E-state index contributed by atoms with van der Waals surface area (Å²) in [5, 5.41) is 21.7. The summed E-state index contributed by atoms with van der Waals surface area (Å²) in [4.78, 5) is 15.7. The summed E-state index contributed by atoms with van der Waals surface area (Å²) in [6.07, 6.45) is 0.990. The van der Waals surface area contributed by atoms with Crippen LogP contribution in [0.1, 0.15) is 43.7 Å². The lowest BCUT2D eigenvalue weighted by Gasteiger charge is -2.45. The minimum absolute atomic E-state index is 0.0185. The molecule has 5 nitrogen and oxygen atoms in total. The monoisotopic (exact) mass is 512 g/mol. The molecule has 0 spiro atoms. The second kappa shape index (κ2) is 9.56. The van der Waals surface area contributed by atoms with Gasteiger partial charge in [-0.1, -0.05) is 74.0 Å². The summed E-state index contributed by atoms with van der Waals surface area (Å²) in [6.45, 7) is 4.15. The summed E-state index contributed by atoms with van der Waals surface area (Å²) in [6, 6.07) is 23.9. The van der Waals surface area contributed by atoms with E-state index in [2.05, 4.69) is 13.8 Å². The van der Waals surface area contributed by atoms with Gasteiger partial charge in [0.05, 0.1) is 7.11 Å². The van der Waals surface area contributed by atoms with Crippen LogP contribution < -0.4 is 9.64 Å². The van der Waals surface area contributed by atoms with Crippen molar-refractivity contribution >= 4 is 34.7 Å². The van der Waals surface area contributed by atoms with E-state index in [0.717, 1.165) is 11.3 Å². The normalized spacial score (nSPS) is 20.5. The van der Waals surface area contributed by atoms with Gasteiger partial charge in [0.15, 0.2) is 5.78 Å². The van der Waals surface area contributed by atoms with Crippen LogP contribution in [0.5, 0.6) is 5.75 Å². The lowest BCUT2D eigenvalue weighted by atomic mass is 9.67. The Bertz CT molecular complexity index is 1440. The fraction of sp³-hybridized carbons (Fsp3) is 0.226. The number of amidine groups is 1. The van der Waals surface area contributed by atoms with Crippen LogP contribution in [-0.4, -0.2) is 23.8 Å². The highest BCUT2D eigenvalue weighted by Gasteiger charge is 2.46. The quantitative estimate of drug-likeness (QED) is 0.354. The highest BCUT2D eigenvalue weighted by Crippen LogP contribution is 2.51. The fourth-order valence-electron chi connectivity index (χ4n) is 5.40. The van der Waals surface area contributed by atoms with Crippen molar-refractivity contribution in [3.8, 4) is 5.75 Å². The van der Waals surface area contributed by atoms with Gasteiger partial charge >= 0.3 is 0 Å². The van der Waals surface area contributed by atoms with E-state index in [-0.39, 0.29) is 22.8 Å². The van der Waals surface area contributed by atoms with Crippen molar-refractivity contribution in [3.05, 3.63) is 112 Å². The van der Waals surface area contributed by atoms with E-state index >= 15 is 0 Å². The average Bonchev–Trinajstić information content (AvgIpc) is 2.87. The van der Waals surface area contributed by atoms with Gasteiger partial charge in [0.1, 0.15) is 17.3 Å². The number of ketones is 1. The number of rotatable bonds is 4. The Balaban J connectivity index is 1.84. The minimum Gasteiger partial charge on any atom is -0.507 e. The molecule has 3 aromatic rings. The van der Waals surface area contributed by atoms with E-state index in [0.29, 0.717) is 46.0 Å². The Kier molecular flexibility index (Phi) is 6.42. The summed E-state index contributed by atoms with van der Waals surface area (Å²) in [5.41, 5.74) is 3.57. The third-order valence-electron chi connectivity index (χ3n) is 7.04. The lowest BCUT2D eigenvalue weighted by molar-refractivity contribution is -0.118. The van der Waals surface area contributed by atoms with E-state index < -0.39 is 5.92 Å². The molecule has 1 aliphatic heterocycles. The maximum atomic E-state index is 13.9. The molecule has 0 radical (unpaired) electrons. The van der Waals surface area contributed by atoms with Gasteiger partial charge in [-0.3, -0.25) is 15.1 Å². The molecule has 1 aliphatic carbocycles. The Labute approximate surface area is 222 Å². The zero-order chi connectivity index (χ0) is 26.3. The van der Waals surface area contributed by atoms with Crippen LogP contribution in [0.15, 0.2) is 95.7 Å². The maximum absolute atomic E-state index is 13.9. The summed E-state index contributed by atoms with van der Waals surface area (Å²) in [7, 11) is 1.61. The molecule has 188 valence electrons. The molecule has 0 fully saturated rings.